The second kappa shape index (κ2) is 11.4. The molecule has 0 saturated carbocycles. The Morgan fingerprint density at radius 3 is 2.50 bits per heavy atom. The summed E-state index contributed by atoms with van der Waals surface area (Å²) in [5.74, 6) is 0.329. The maximum atomic E-state index is 12.9. The molecule has 0 aliphatic rings. The normalized spacial score (nSPS) is 10.9. The van der Waals surface area contributed by atoms with Gasteiger partial charge in [-0.15, -0.1) is 0 Å². The molecule has 3 aromatic rings. The Hall–Kier alpha value is -2.45. The Morgan fingerprint density at radius 2 is 1.81 bits per heavy atom. The van der Waals surface area contributed by atoms with Gasteiger partial charge in [0.2, 0.25) is 5.91 Å². The van der Waals surface area contributed by atoms with E-state index in [1.54, 1.807) is 11.6 Å². The number of unbranched alkanes of at least 4 members (excludes halogenated alkanes) is 1. The summed E-state index contributed by atoms with van der Waals surface area (Å²) in [4.78, 5) is 29.5. The van der Waals surface area contributed by atoms with Gasteiger partial charge < -0.3 is 5.32 Å². The molecule has 1 N–H and O–H groups in total. The van der Waals surface area contributed by atoms with Crippen LogP contribution in [-0.2, 0) is 18.3 Å². The molecule has 0 bridgehead atoms. The Morgan fingerprint density at radius 1 is 1.12 bits per heavy atom. The zero-order chi connectivity index (χ0) is 23.1. The molecule has 0 spiro atoms. The zero-order valence-electron chi connectivity index (χ0n) is 18.0. The van der Waals surface area contributed by atoms with Gasteiger partial charge in [0.25, 0.3) is 5.56 Å². The van der Waals surface area contributed by atoms with E-state index < -0.39 is 0 Å². The molecule has 0 aliphatic heterocycles. The van der Waals surface area contributed by atoms with Crippen LogP contribution in [-0.4, -0.2) is 21.2 Å². The molecule has 0 fully saturated rings. The summed E-state index contributed by atoms with van der Waals surface area (Å²) in [7, 11) is 1.75. The van der Waals surface area contributed by atoms with Gasteiger partial charge in [0.05, 0.1) is 0 Å². The van der Waals surface area contributed by atoms with E-state index in [4.69, 9.17) is 0 Å². The van der Waals surface area contributed by atoms with Crippen molar-refractivity contribution in [2.45, 2.75) is 37.8 Å². The third kappa shape index (κ3) is 6.77. The third-order valence-corrected chi connectivity index (χ3v) is 6.65. The first-order chi connectivity index (χ1) is 15.3. The van der Waals surface area contributed by atoms with Crippen molar-refractivity contribution < 1.29 is 9.18 Å². The molecule has 3 rings (SSSR count). The highest BCUT2D eigenvalue weighted by Gasteiger charge is 2.13. The smallest absolute Gasteiger partial charge is 0.257 e. The SMILES string of the molecule is Cc1nc(SCCCCC(=O)Nc2ccc(F)cc2)n(C)c(=O)c1Cc1ccc(Br)cc1. The van der Waals surface area contributed by atoms with Gasteiger partial charge in [-0.3, -0.25) is 14.2 Å². The number of carbonyl (C=O) groups excluding carboxylic acids is 1. The minimum atomic E-state index is -0.334. The zero-order valence-corrected chi connectivity index (χ0v) is 20.4. The van der Waals surface area contributed by atoms with Gasteiger partial charge in [0.1, 0.15) is 5.82 Å². The lowest BCUT2D eigenvalue weighted by atomic mass is 10.1. The predicted octanol–water partition coefficient (Wildman–Crippen LogP) is 5.48. The Bertz CT molecular complexity index is 1130. The summed E-state index contributed by atoms with van der Waals surface area (Å²) in [5.41, 5.74) is 3.08. The van der Waals surface area contributed by atoms with E-state index in [0.29, 0.717) is 35.7 Å². The first-order valence-corrected chi connectivity index (χ1v) is 12.1. The van der Waals surface area contributed by atoms with Gasteiger partial charge in [-0.25, -0.2) is 9.37 Å². The van der Waals surface area contributed by atoms with Gasteiger partial charge >= 0.3 is 0 Å². The summed E-state index contributed by atoms with van der Waals surface area (Å²) >= 11 is 4.95. The van der Waals surface area contributed by atoms with Gasteiger partial charge in [0, 0.05) is 47.1 Å². The third-order valence-electron chi connectivity index (χ3n) is 5.00. The van der Waals surface area contributed by atoms with Gasteiger partial charge in [0.15, 0.2) is 5.16 Å². The summed E-state index contributed by atoms with van der Waals surface area (Å²) in [6.07, 6.45) is 2.47. The lowest BCUT2D eigenvalue weighted by Gasteiger charge is -2.12. The van der Waals surface area contributed by atoms with Crippen molar-refractivity contribution in [1.29, 1.82) is 0 Å². The topological polar surface area (TPSA) is 64.0 Å². The number of carbonyl (C=O) groups is 1. The molecule has 32 heavy (non-hydrogen) atoms. The minimum absolute atomic E-state index is 0.0263. The highest BCUT2D eigenvalue weighted by atomic mass is 79.9. The van der Waals surface area contributed by atoms with Crippen LogP contribution in [0.2, 0.25) is 0 Å². The summed E-state index contributed by atoms with van der Waals surface area (Å²) in [5, 5.41) is 3.44. The number of aryl methyl sites for hydroxylation is 1. The van der Waals surface area contributed by atoms with E-state index in [9.17, 15) is 14.0 Å². The summed E-state index contributed by atoms with van der Waals surface area (Å²) in [6.45, 7) is 1.87. The minimum Gasteiger partial charge on any atom is -0.326 e. The molecule has 1 heterocycles. The van der Waals surface area contributed by atoms with Crippen LogP contribution in [0.4, 0.5) is 10.1 Å². The number of nitrogens with zero attached hydrogens (tertiary/aromatic N) is 2. The number of halogens is 2. The summed E-state index contributed by atoms with van der Waals surface area (Å²) in [6, 6.07) is 13.6. The Labute approximate surface area is 199 Å². The molecule has 5 nitrogen and oxygen atoms in total. The van der Waals surface area contributed by atoms with E-state index >= 15 is 0 Å². The average molecular weight is 518 g/mol. The van der Waals surface area contributed by atoms with Crippen molar-refractivity contribution >= 4 is 39.3 Å². The molecule has 0 aliphatic carbocycles. The molecule has 0 atom stereocenters. The van der Waals surface area contributed by atoms with Crippen LogP contribution in [0.1, 0.15) is 36.1 Å². The molecule has 1 aromatic heterocycles. The van der Waals surface area contributed by atoms with Gasteiger partial charge in [-0.05, 0) is 61.7 Å². The van der Waals surface area contributed by atoms with E-state index in [1.165, 1.54) is 36.0 Å². The number of amides is 1. The largest absolute Gasteiger partial charge is 0.326 e. The van der Waals surface area contributed by atoms with Crippen LogP contribution in [0.5, 0.6) is 0 Å². The van der Waals surface area contributed by atoms with Crippen LogP contribution in [0.15, 0.2) is 63.0 Å². The number of rotatable bonds is 9. The molecular weight excluding hydrogens is 493 g/mol. The van der Waals surface area contributed by atoms with E-state index in [0.717, 1.165) is 27.9 Å². The molecule has 8 heteroatoms. The molecule has 168 valence electrons. The summed E-state index contributed by atoms with van der Waals surface area (Å²) < 4.78 is 15.5. The standard InChI is InChI=1S/C24H25BrFN3O2S/c1-16-21(15-17-6-8-18(25)9-7-17)23(31)29(2)24(27-16)32-14-4-3-5-22(30)28-20-12-10-19(26)11-13-20/h6-13H,3-5,14-15H2,1-2H3,(H,28,30). The number of hydrogen-bond donors (Lipinski definition) is 1. The molecular formula is C24H25BrFN3O2S. The van der Waals surface area contributed by atoms with Gasteiger partial charge in [-0.2, -0.15) is 0 Å². The Balaban J connectivity index is 1.49. The highest BCUT2D eigenvalue weighted by molar-refractivity contribution is 9.10. The molecule has 2 aromatic carbocycles. The van der Waals surface area contributed by atoms with Crippen LogP contribution >= 0.6 is 27.7 Å². The highest BCUT2D eigenvalue weighted by Crippen LogP contribution is 2.19. The maximum absolute atomic E-state index is 12.9. The number of hydrogen-bond acceptors (Lipinski definition) is 4. The van der Waals surface area contributed by atoms with Gasteiger partial charge in [-0.1, -0.05) is 39.8 Å². The van der Waals surface area contributed by atoms with E-state index in [1.807, 2.05) is 31.2 Å². The van der Waals surface area contributed by atoms with Crippen molar-refractivity contribution in [2.24, 2.45) is 7.05 Å². The average Bonchev–Trinajstić information content (AvgIpc) is 2.77. The fourth-order valence-electron chi connectivity index (χ4n) is 3.18. The van der Waals surface area contributed by atoms with Crippen LogP contribution in [0, 0.1) is 12.7 Å². The van der Waals surface area contributed by atoms with Crippen LogP contribution in [0.25, 0.3) is 0 Å². The number of aromatic nitrogens is 2. The second-order valence-electron chi connectivity index (χ2n) is 7.49. The predicted molar refractivity (Wildman–Crippen MR) is 131 cm³/mol. The lowest BCUT2D eigenvalue weighted by Crippen LogP contribution is -2.25. The monoisotopic (exact) mass is 517 g/mol. The van der Waals surface area contributed by atoms with Crippen molar-refractivity contribution in [1.82, 2.24) is 9.55 Å². The number of anilines is 1. The molecule has 0 saturated heterocycles. The maximum Gasteiger partial charge on any atom is 0.257 e. The molecule has 0 unspecified atom stereocenters. The van der Waals surface area contributed by atoms with Crippen molar-refractivity contribution in [3.63, 3.8) is 0 Å². The van der Waals surface area contributed by atoms with Crippen molar-refractivity contribution in [3.8, 4) is 0 Å². The van der Waals surface area contributed by atoms with Crippen LogP contribution in [0.3, 0.4) is 0 Å². The quantitative estimate of drug-likeness (QED) is 0.232. The number of benzene rings is 2. The number of nitrogens with one attached hydrogen (secondary N) is 1. The lowest BCUT2D eigenvalue weighted by molar-refractivity contribution is -0.116. The molecule has 1 amide bonds. The van der Waals surface area contributed by atoms with Crippen molar-refractivity contribution in [2.75, 3.05) is 11.1 Å². The van der Waals surface area contributed by atoms with Crippen molar-refractivity contribution in [3.05, 3.63) is 86.0 Å². The number of thioether (sulfide) groups is 1. The first kappa shape index (κ1) is 24.2. The molecule has 0 radical (unpaired) electrons. The fourth-order valence-corrected chi connectivity index (χ4v) is 4.45. The fraction of sp³-hybridized carbons (Fsp3) is 0.292. The van der Waals surface area contributed by atoms with E-state index in [2.05, 4.69) is 26.2 Å². The van der Waals surface area contributed by atoms with E-state index in [-0.39, 0.29) is 17.3 Å². The Kier molecular flexibility index (Phi) is 8.64. The van der Waals surface area contributed by atoms with Crippen LogP contribution < -0.4 is 10.9 Å². The second-order valence-corrected chi connectivity index (χ2v) is 9.46. The first-order valence-electron chi connectivity index (χ1n) is 10.3.